The minimum Gasteiger partial charge on any atom is -0.444 e. The normalized spacial score (nSPS) is 12.4. The fourth-order valence-corrected chi connectivity index (χ4v) is 1.64. The standard InChI is InChI=1S/C15H19F3NO2/c1-10(19-13(20)21-14(2,3)4)9-11-5-7-12(8-6-11)15(16,17)18/h5-8H,9H2,1-4H3,(H,19,20). The lowest BCUT2D eigenvalue weighted by molar-refractivity contribution is -0.137. The van der Waals surface area contributed by atoms with Crippen LogP contribution in [0.15, 0.2) is 24.3 Å². The number of nitrogens with one attached hydrogen (secondary N) is 1. The van der Waals surface area contributed by atoms with E-state index in [0.29, 0.717) is 18.0 Å². The van der Waals surface area contributed by atoms with Crippen LogP contribution in [0.5, 0.6) is 0 Å². The number of rotatable bonds is 3. The Balaban J connectivity index is 2.55. The molecule has 1 aromatic carbocycles. The van der Waals surface area contributed by atoms with Crippen LogP contribution in [0.1, 0.15) is 38.8 Å². The summed E-state index contributed by atoms with van der Waals surface area (Å²) in [5.41, 5.74) is -0.612. The molecule has 1 amide bonds. The molecule has 0 heterocycles. The summed E-state index contributed by atoms with van der Waals surface area (Å²) in [4.78, 5) is 11.5. The number of hydrogen-bond acceptors (Lipinski definition) is 2. The molecule has 0 aliphatic carbocycles. The van der Waals surface area contributed by atoms with Crippen LogP contribution in [0.2, 0.25) is 0 Å². The molecule has 21 heavy (non-hydrogen) atoms. The van der Waals surface area contributed by atoms with Gasteiger partial charge in [-0.15, -0.1) is 0 Å². The molecule has 0 fully saturated rings. The highest BCUT2D eigenvalue weighted by molar-refractivity contribution is 5.69. The maximum absolute atomic E-state index is 12.4. The van der Waals surface area contributed by atoms with Gasteiger partial charge >= 0.3 is 12.3 Å². The summed E-state index contributed by atoms with van der Waals surface area (Å²) < 4.78 is 42.4. The van der Waals surface area contributed by atoms with Crippen molar-refractivity contribution in [1.82, 2.24) is 5.32 Å². The number of alkyl halides is 3. The Labute approximate surface area is 122 Å². The fraction of sp³-hybridized carbons (Fsp3) is 0.467. The van der Waals surface area contributed by atoms with Crippen molar-refractivity contribution in [3.8, 4) is 0 Å². The highest BCUT2D eigenvalue weighted by Crippen LogP contribution is 2.29. The molecule has 0 aliphatic rings. The van der Waals surface area contributed by atoms with E-state index >= 15 is 0 Å². The molecule has 0 aliphatic heterocycles. The second-order valence-corrected chi connectivity index (χ2v) is 5.78. The van der Waals surface area contributed by atoms with E-state index in [1.807, 2.05) is 0 Å². The quantitative estimate of drug-likeness (QED) is 0.902. The number of hydrogen-bond donors (Lipinski definition) is 1. The zero-order valence-corrected chi connectivity index (χ0v) is 12.5. The molecule has 0 bridgehead atoms. The van der Waals surface area contributed by atoms with Crippen molar-refractivity contribution in [3.63, 3.8) is 0 Å². The largest absolute Gasteiger partial charge is 0.444 e. The van der Waals surface area contributed by atoms with Crippen molar-refractivity contribution in [2.45, 2.75) is 45.9 Å². The van der Waals surface area contributed by atoms with Crippen molar-refractivity contribution >= 4 is 6.09 Å². The van der Waals surface area contributed by atoms with E-state index in [1.54, 1.807) is 27.7 Å². The van der Waals surface area contributed by atoms with E-state index in [2.05, 4.69) is 5.32 Å². The average Bonchev–Trinajstić information content (AvgIpc) is 2.25. The van der Waals surface area contributed by atoms with Crippen LogP contribution in [-0.2, 0) is 17.3 Å². The topological polar surface area (TPSA) is 38.3 Å². The maximum atomic E-state index is 12.4. The van der Waals surface area contributed by atoms with Crippen LogP contribution >= 0.6 is 0 Å². The van der Waals surface area contributed by atoms with Crippen LogP contribution in [0.3, 0.4) is 0 Å². The summed E-state index contributed by atoms with van der Waals surface area (Å²) in [5.74, 6) is 0. The Kier molecular flexibility index (Phi) is 5.25. The van der Waals surface area contributed by atoms with Gasteiger partial charge in [0.1, 0.15) is 5.60 Å². The minimum atomic E-state index is -4.34. The molecule has 0 aromatic heterocycles. The molecular weight excluding hydrogens is 283 g/mol. The molecule has 1 radical (unpaired) electrons. The summed E-state index contributed by atoms with van der Waals surface area (Å²) in [6.45, 7) is 6.93. The fourth-order valence-electron chi connectivity index (χ4n) is 1.64. The Morgan fingerprint density at radius 2 is 1.67 bits per heavy atom. The molecule has 0 saturated heterocycles. The lowest BCUT2D eigenvalue weighted by Gasteiger charge is -2.21. The second-order valence-electron chi connectivity index (χ2n) is 5.78. The van der Waals surface area contributed by atoms with Gasteiger partial charge in [-0.05, 0) is 51.8 Å². The van der Waals surface area contributed by atoms with E-state index < -0.39 is 23.4 Å². The SMILES string of the molecule is C[C](Cc1ccc(C(F)(F)F)cc1)NC(=O)OC(C)(C)C. The van der Waals surface area contributed by atoms with E-state index in [9.17, 15) is 18.0 Å². The molecule has 1 N–H and O–H groups in total. The third kappa shape index (κ3) is 6.51. The van der Waals surface area contributed by atoms with Gasteiger partial charge in [0.05, 0.1) is 11.6 Å². The van der Waals surface area contributed by atoms with Crippen LogP contribution in [0, 0.1) is 6.04 Å². The molecule has 3 nitrogen and oxygen atoms in total. The minimum absolute atomic E-state index is 0.345. The zero-order chi connectivity index (χ0) is 16.3. The van der Waals surface area contributed by atoms with Crippen molar-refractivity contribution in [3.05, 3.63) is 41.4 Å². The number of amides is 1. The highest BCUT2D eigenvalue weighted by atomic mass is 19.4. The number of ether oxygens (including phenoxy) is 1. The molecule has 0 spiro atoms. The van der Waals surface area contributed by atoms with Crippen LogP contribution < -0.4 is 5.32 Å². The number of benzene rings is 1. The van der Waals surface area contributed by atoms with E-state index in [4.69, 9.17) is 4.74 Å². The molecule has 0 saturated carbocycles. The highest BCUT2D eigenvalue weighted by Gasteiger charge is 2.30. The van der Waals surface area contributed by atoms with Crippen LogP contribution in [-0.4, -0.2) is 11.7 Å². The average molecular weight is 302 g/mol. The summed E-state index contributed by atoms with van der Waals surface area (Å²) in [6.07, 6.45) is -4.57. The molecule has 1 aromatic rings. The van der Waals surface area contributed by atoms with Gasteiger partial charge in [0.2, 0.25) is 0 Å². The van der Waals surface area contributed by atoms with Gasteiger partial charge in [-0.2, -0.15) is 13.2 Å². The number of carbonyl (C=O) groups is 1. The van der Waals surface area contributed by atoms with Gasteiger partial charge in [-0.25, -0.2) is 4.79 Å². The monoisotopic (exact) mass is 302 g/mol. The van der Waals surface area contributed by atoms with Crippen molar-refractivity contribution in [2.75, 3.05) is 0 Å². The first-order valence-electron chi connectivity index (χ1n) is 6.46. The molecule has 117 valence electrons. The first kappa shape index (κ1) is 17.3. The van der Waals surface area contributed by atoms with Gasteiger partial charge in [0.15, 0.2) is 0 Å². The zero-order valence-electron chi connectivity index (χ0n) is 12.5. The van der Waals surface area contributed by atoms with Gasteiger partial charge < -0.3 is 10.1 Å². The molecule has 0 unspecified atom stereocenters. The predicted octanol–water partition coefficient (Wildman–Crippen LogP) is 4.32. The van der Waals surface area contributed by atoms with Gasteiger partial charge in [0.25, 0.3) is 0 Å². The smallest absolute Gasteiger partial charge is 0.416 e. The lowest BCUT2D eigenvalue weighted by atomic mass is 10.1. The summed E-state index contributed by atoms with van der Waals surface area (Å²) in [6, 6.07) is 5.43. The van der Waals surface area contributed by atoms with Crippen molar-refractivity contribution < 1.29 is 22.7 Å². The maximum Gasteiger partial charge on any atom is 0.416 e. The van der Waals surface area contributed by atoms with Gasteiger partial charge in [-0.3, -0.25) is 0 Å². The Bertz CT molecular complexity index is 475. The number of carbonyl (C=O) groups excluding carboxylic acids is 1. The van der Waals surface area contributed by atoms with Gasteiger partial charge in [0, 0.05) is 0 Å². The van der Waals surface area contributed by atoms with Crippen molar-refractivity contribution in [2.24, 2.45) is 0 Å². The number of alkyl carbamates (subject to hydrolysis) is 1. The van der Waals surface area contributed by atoms with E-state index in [-0.39, 0.29) is 0 Å². The summed E-state index contributed by atoms with van der Waals surface area (Å²) >= 11 is 0. The Hall–Kier alpha value is -1.72. The molecule has 6 heteroatoms. The second kappa shape index (κ2) is 6.37. The van der Waals surface area contributed by atoms with Crippen molar-refractivity contribution in [1.29, 1.82) is 0 Å². The third-order valence-corrected chi connectivity index (χ3v) is 2.46. The predicted molar refractivity (Wildman–Crippen MR) is 73.4 cm³/mol. The first-order chi connectivity index (χ1) is 9.47. The summed E-state index contributed by atoms with van der Waals surface area (Å²) in [7, 11) is 0. The van der Waals surface area contributed by atoms with Crippen LogP contribution in [0.25, 0.3) is 0 Å². The van der Waals surface area contributed by atoms with E-state index in [1.165, 1.54) is 12.1 Å². The Morgan fingerprint density at radius 3 is 2.10 bits per heavy atom. The van der Waals surface area contributed by atoms with Gasteiger partial charge in [-0.1, -0.05) is 12.1 Å². The third-order valence-electron chi connectivity index (χ3n) is 2.46. The first-order valence-corrected chi connectivity index (χ1v) is 6.46. The molecule has 1 rings (SSSR count). The lowest BCUT2D eigenvalue weighted by Crippen LogP contribution is -2.34. The molecule has 0 atom stereocenters. The van der Waals surface area contributed by atoms with E-state index in [0.717, 1.165) is 12.1 Å². The number of halogens is 3. The summed E-state index contributed by atoms with van der Waals surface area (Å²) in [5, 5.41) is 2.56. The Morgan fingerprint density at radius 1 is 1.14 bits per heavy atom. The molecular formula is C15H19F3NO2. The van der Waals surface area contributed by atoms with Crippen LogP contribution in [0.4, 0.5) is 18.0 Å².